The molecule has 5 nitrogen and oxygen atoms in total. The van der Waals surface area contributed by atoms with Crippen LogP contribution >= 0.6 is 0 Å². The van der Waals surface area contributed by atoms with Gasteiger partial charge in [-0.25, -0.2) is 9.67 Å². The fourth-order valence-electron chi connectivity index (χ4n) is 7.56. The highest BCUT2D eigenvalue weighted by molar-refractivity contribution is 6.09. The molecular formula is C45H48N4O. The van der Waals surface area contributed by atoms with E-state index in [1.165, 1.54) is 55.4 Å². The summed E-state index contributed by atoms with van der Waals surface area (Å²) in [4.78, 5) is 4.81. The van der Waals surface area contributed by atoms with E-state index < -0.39 is 0 Å². The largest absolute Gasteiger partial charge is 0.457 e. The highest BCUT2D eigenvalue weighted by atomic mass is 16.5. The average Bonchev–Trinajstić information content (AvgIpc) is 3.58. The summed E-state index contributed by atoms with van der Waals surface area (Å²) in [6.45, 7) is 22.2. The number of aromatic nitrogens is 4. The van der Waals surface area contributed by atoms with E-state index in [1.54, 1.807) is 0 Å². The lowest BCUT2D eigenvalue weighted by Crippen LogP contribution is -2.13. The molecule has 254 valence electrons. The van der Waals surface area contributed by atoms with E-state index in [4.69, 9.17) is 14.8 Å². The van der Waals surface area contributed by atoms with Gasteiger partial charge in [-0.2, -0.15) is 5.10 Å². The highest BCUT2D eigenvalue weighted by Crippen LogP contribution is 2.41. The SMILES string of the molecule is CCc1ccnc(-n2c3ccccc3c3ccc(Oc4cc(-n5nc(C)c(-c6c(C)cc(C)cc6C)c5C(C)C)cc(C(C)(C)C)c4)cc32)c1. The van der Waals surface area contributed by atoms with Crippen LogP contribution in [0.1, 0.15) is 86.7 Å². The molecular weight excluding hydrogens is 613 g/mol. The zero-order chi connectivity index (χ0) is 35.5. The van der Waals surface area contributed by atoms with Gasteiger partial charge in [0, 0.05) is 34.7 Å². The third kappa shape index (κ3) is 5.89. The summed E-state index contributed by atoms with van der Waals surface area (Å²) in [5.74, 6) is 2.72. The second-order valence-electron chi connectivity index (χ2n) is 15.2. The maximum Gasteiger partial charge on any atom is 0.137 e. The van der Waals surface area contributed by atoms with Gasteiger partial charge < -0.3 is 4.74 Å². The summed E-state index contributed by atoms with van der Waals surface area (Å²) in [6.07, 6.45) is 2.86. The Morgan fingerprint density at radius 1 is 0.740 bits per heavy atom. The Labute approximate surface area is 296 Å². The Bertz CT molecular complexity index is 2380. The number of fused-ring (bicyclic) bond motifs is 3. The molecule has 3 heterocycles. The third-order valence-corrected chi connectivity index (χ3v) is 9.90. The van der Waals surface area contributed by atoms with Gasteiger partial charge in [-0.3, -0.25) is 4.57 Å². The van der Waals surface area contributed by atoms with E-state index >= 15 is 0 Å². The highest BCUT2D eigenvalue weighted by Gasteiger charge is 2.25. The van der Waals surface area contributed by atoms with Crippen LogP contribution in [-0.2, 0) is 11.8 Å². The number of para-hydroxylation sites is 1. The van der Waals surface area contributed by atoms with Gasteiger partial charge >= 0.3 is 0 Å². The van der Waals surface area contributed by atoms with E-state index in [0.29, 0.717) is 0 Å². The quantitative estimate of drug-likeness (QED) is 0.171. The maximum absolute atomic E-state index is 6.81. The van der Waals surface area contributed by atoms with Crippen molar-refractivity contribution < 1.29 is 4.74 Å². The maximum atomic E-state index is 6.81. The lowest BCUT2D eigenvalue weighted by Gasteiger charge is -2.22. The minimum Gasteiger partial charge on any atom is -0.457 e. The lowest BCUT2D eigenvalue weighted by molar-refractivity contribution is 0.478. The monoisotopic (exact) mass is 660 g/mol. The van der Waals surface area contributed by atoms with Crippen LogP contribution in [0.5, 0.6) is 11.5 Å². The van der Waals surface area contributed by atoms with Crippen molar-refractivity contribution in [1.82, 2.24) is 19.3 Å². The van der Waals surface area contributed by atoms with Crippen molar-refractivity contribution in [2.45, 2.75) is 87.0 Å². The van der Waals surface area contributed by atoms with E-state index in [-0.39, 0.29) is 11.3 Å². The first-order chi connectivity index (χ1) is 23.8. The second kappa shape index (κ2) is 12.6. The molecule has 0 fully saturated rings. The Morgan fingerprint density at radius 2 is 1.46 bits per heavy atom. The molecule has 0 saturated carbocycles. The molecule has 0 amide bonds. The van der Waals surface area contributed by atoms with Gasteiger partial charge in [-0.05, 0) is 116 Å². The fraction of sp³-hybridized carbons (Fsp3) is 0.289. The molecule has 7 aromatic rings. The van der Waals surface area contributed by atoms with Gasteiger partial charge in [0.05, 0.1) is 28.1 Å². The van der Waals surface area contributed by atoms with Crippen LogP contribution in [0.15, 0.2) is 91.1 Å². The molecule has 0 aliphatic carbocycles. The van der Waals surface area contributed by atoms with Gasteiger partial charge in [0.1, 0.15) is 17.3 Å². The van der Waals surface area contributed by atoms with E-state index in [9.17, 15) is 0 Å². The topological polar surface area (TPSA) is 44.9 Å². The molecule has 50 heavy (non-hydrogen) atoms. The normalized spacial score (nSPS) is 12.1. The standard InChI is InChI=1S/C45H48N4O/c1-11-32-18-19-46-41(22-32)48-39-15-13-12-14-37(39)38-17-16-35(26-40(38)48)50-36-24-33(45(8,9)10)23-34(25-36)49-44(27(2)3)43(31(7)47-49)42-29(5)20-28(4)21-30(42)6/h12-27H,11H2,1-10H3. The second-order valence-corrected chi connectivity index (χ2v) is 15.2. The number of hydrogen-bond acceptors (Lipinski definition) is 3. The van der Waals surface area contributed by atoms with E-state index in [1.807, 2.05) is 6.20 Å². The summed E-state index contributed by atoms with van der Waals surface area (Å²) in [5.41, 5.74) is 14.1. The predicted octanol–water partition coefficient (Wildman–Crippen LogP) is 12.0. The first-order valence-corrected chi connectivity index (χ1v) is 17.8. The number of aryl methyl sites for hydroxylation is 5. The minimum absolute atomic E-state index is 0.104. The number of ether oxygens (including phenoxy) is 1. The average molecular weight is 661 g/mol. The third-order valence-electron chi connectivity index (χ3n) is 9.90. The molecule has 3 aromatic heterocycles. The van der Waals surface area contributed by atoms with Crippen LogP contribution in [0.3, 0.4) is 0 Å². The summed E-state index contributed by atoms with van der Waals surface area (Å²) in [6, 6.07) is 30.4. The Morgan fingerprint density at radius 3 is 2.16 bits per heavy atom. The molecule has 0 spiro atoms. The van der Waals surface area contributed by atoms with Gasteiger partial charge in [0.25, 0.3) is 0 Å². The molecule has 0 aliphatic heterocycles. The molecule has 4 aromatic carbocycles. The van der Waals surface area contributed by atoms with Crippen molar-refractivity contribution in [3.63, 3.8) is 0 Å². The first-order valence-electron chi connectivity index (χ1n) is 17.8. The Hall–Kier alpha value is -5.16. The van der Waals surface area contributed by atoms with Crippen molar-refractivity contribution in [1.29, 1.82) is 0 Å². The molecule has 0 aliphatic rings. The van der Waals surface area contributed by atoms with E-state index in [0.717, 1.165) is 46.2 Å². The Balaban J connectivity index is 1.38. The molecule has 5 heteroatoms. The van der Waals surface area contributed by atoms with Gasteiger partial charge in [0.2, 0.25) is 0 Å². The van der Waals surface area contributed by atoms with Gasteiger partial charge in [0.15, 0.2) is 0 Å². The summed E-state index contributed by atoms with van der Waals surface area (Å²) < 4.78 is 11.2. The van der Waals surface area contributed by atoms with Crippen LogP contribution < -0.4 is 4.74 Å². The van der Waals surface area contributed by atoms with Crippen molar-refractivity contribution in [3.05, 3.63) is 130 Å². The number of hydrogen-bond donors (Lipinski definition) is 0. The molecule has 0 unspecified atom stereocenters. The summed E-state index contributed by atoms with van der Waals surface area (Å²) in [5, 5.41) is 7.59. The summed E-state index contributed by atoms with van der Waals surface area (Å²) in [7, 11) is 0. The molecule has 0 bridgehead atoms. The van der Waals surface area contributed by atoms with Crippen LogP contribution in [0.4, 0.5) is 0 Å². The predicted molar refractivity (Wildman–Crippen MR) is 209 cm³/mol. The molecule has 0 radical (unpaired) electrons. The smallest absolute Gasteiger partial charge is 0.137 e. The molecule has 0 atom stereocenters. The van der Waals surface area contributed by atoms with Crippen molar-refractivity contribution in [2.75, 3.05) is 0 Å². The van der Waals surface area contributed by atoms with Crippen molar-refractivity contribution >= 4 is 21.8 Å². The van der Waals surface area contributed by atoms with Crippen LogP contribution in [-0.4, -0.2) is 19.3 Å². The lowest BCUT2D eigenvalue weighted by atomic mass is 9.86. The summed E-state index contributed by atoms with van der Waals surface area (Å²) >= 11 is 0. The van der Waals surface area contributed by atoms with Crippen molar-refractivity contribution in [2.24, 2.45) is 0 Å². The Kier molecular flexibility index (Phi) is 8.42. The zero-order valence-electron chi connectivity index (χ0n) is 31.1. The van der Waals surface area contributed by atoms with Crippen molar-refractivity contribution in [3.8, 4) is 34.1 Å². The van der Waals surface area contributed by atoms with Gasteiger partial charge in [-0.1, -0.05) is 77.4 Å². The van der Waals surface area contributed by atoms with Gasteiger partial charge in [-0.15, -0.1) is 0 Å². The molecule has 0 saturated heterocycles. The zero-order valence-corrected chi connectivity index (χ0v) is 31.1. The fourth-order valence-corrected chi connectivity index (χ4v) is 7.56. The number of pyridine rings is 1. The van der Waals surface area contributed by atoms with Crippen LogP contribution in [0.2, 0.25) is 0 Å². The minimum atomic E-state index is -0.104. The van der Waals surface area contributed by atoms with E-state index in [2.05, 4.69) is 163 Å². The molecule has 7 rings (SSSR count). The molecule has 0 N–H and O–H groups in total. The number of benzene rings is 4. The number of rotatable bonds is 7. The van der Waals surface area contributed by atoms with Crippen LogP contribution in [0, 0.1) is 27.7 Å². The first kappa shape index (κ1) is 33.3. The van der Waals surface area contributed by atoms with Crippen LogP contribution in [0.25, 0.3) is 44.4 Å². The number of nitrogens with zero attached hydrogens (tertiary/aromatic N) is 4.